The Hall–Kier alpha value is -2.61. The predicted molar refractivity (Wildman–Crippen MR) is 137 cm³/mol. The van der Waals surface area contributed by atoms with E-state index in [0.717, 1.165) is 63.5 Å². The Kier molecular flexibility index (Phi) is 8.65. The van der Waals surface area contributed by atoms with Gasteiger partial charge in [0.15, 0.2) is 0 Å². The normalized spacial score (nSPS) is 20.7. The van der Waals surface area contributed by atoms with Crippen molar-refractivity contribution in [2.75, 3.05) is 53.5 Å². The van der Waals surface area contributed by atoms with Crippen LogP contribution in [0.1, 0.15) is 36.8 Å². The summed E-state index contributed by atoms with van der Waals surface area (Å²) in [5.74, 6) is 1.99. The minimum atomic E-state index is -0.693. The second kappa shape index (κ2) is 11.9. The van der Waals surface area contributed by atoms with Gasteiger partial charge < -0.3 is 19.5 Å². The molecular formula is C28H39N3O4. The SMILES string of the molecule is COc1ccc(CN(C)C[C@@]2(O)CCN(Cc3ccc(OCCCN4CCCC4=O)cc3)C2)cc1. The molecule has 0 saturated carbocycles. The van der Waals surface area contributed by atoms with Crippen LogP contribution in [0.4, 0.5) is 0 Å². The van der Waals surface area contributed by atoms with E-state index in [1.165, 1.54) is 11.1 Å². The summed E-state index contributed by atoms with van der Waals surface area (Å²) in [5, 5.41) is 11.2. The van der Waals surface area contributed by atoms with Gasteiger partial charge in [-0.15, -0.1) is 0 Å². The van der Waals surface area contributed by atoms with Gasteiger partial charge in [-0.25, -0.2) is 0 Å². The molecule has 2 heterocycles. The van der Waals surface area contributed by atoms with Crippen molar-refractivity contribution >= 4 is 5.91 Å². The number of aliphatic hydroxyl groups is 1. The first-order chi connectivity index (χ1) is 16.9. The van der Waals surface area contributed by atoms with Crippen molar-refractivity contribution in [1.29, 1.82) is 0 Å². The number of benzene rings is 2. The van der Waals surface area contributed by atoms with E-state index in [1.807, 2.05) is 29.2 Å². The third-order valence-electron chi connectivity index (χ3n) is 6.93. The lowest BCUT2D eigenvalue weighted by Crippen LogP contribution is -2.43. The van der Waals surface area contributed by atoms with Crippen LogP contribution in [-0.2, 0) is 17.9 Å². The Balaban J connectivity index is 1.17. The molecule has 2 aromatic rings. The molecule has 2 saturated heterocycles. The van der Waals surface area contributed by atoms with E-state index in [1.54, 1.807) is 7.11 Å². The van der Waals surface area contributed by atoms with Crippen molar-refractivity contribution in [1.82, 2.24) is 14.7 Å². The summed E-state index contributed by atoms with van der Waals surface area (Å²) in [6, 6.07) is 16.3. The average molecular weight is 482 g/mol. The van der Waals surface area contributed by atoms with Crippen LogP contribution in [-0.4, -0.2) is 84.8 Å². The van der Waals surface area contributed by atoms with Crippen molar-refractivity contribution in [2.45, 2.75) is 44.4 Å². The molecule has 0 unspecified atom stereocenters. The van der Waals surface area contributed by atoms with Crippen molar-refractivity contribution in [2.24, 2.45) is 0 Å². The number of β-amino-alcohol motifs (C(OH)–C–C–N with tert-alkyl or cyclic N) is 1. The highest BCUT2D eigenvalue weighted by molar-refractivity contribution is 5.77. The zero-order chi connectivity index (χ0) is 24.7. The van der Waals surface area contributed by atoms with Crippen LogP contribution in [0.5, 0.6) is 11.5 Å². The third kappa shape index (κ3) is 7.43. The first-order valence-corrected chi connectivity index (χ1v) is 12.7. The standard InChI is InChI=1S/C28H39N3O4/c1-29(19-23-6-10-25(34-2)11-7-23)21-28(33)14-17-30(22-28)20-24-8-12-26(13-9-24)35-18-4-16-31-15-3-5-27(31)32/h6-13,33H,3-5,14-22H2,1-2H3/t28-/m0/s1. The largest absolute Gasteiger partial charge is 0.497 e. The molecule has 0 aromatic heterocycles. The lowest BCUT2D eigenvalue weighted by Gasteiger charge is -2.29. The van der Waals surface area contributed by atoms with Gasteiger partial charge in [0, 0.05) is 52.2 Å². The van der Waals surface area contributed by atoms with Gasteiger partial charge in [-0.05, 0) is 61.7 Å². The minimum Gasteiger partial charge on any atom is -0.497 e. The lowest BCUT2D eigenvalue weighted by molar-refractivity contribution is -0.127. The van der Waals surface area contributed by atoms with E-state index in [2.05, 4.69) is 41.1 Å². The van der Waals surface area contributed by atoms with Crippen molar-refractivity contribution in [3.8, 4) is 11.5 Å². The lowest BCUT2D eigenvalue weighted by atomic mass is 10.0. The van der Waals surface area contributed by atoms with E-state index in [9.17, 15) is 9.90 Å². The van der Waals surface area contributed by atoms with Gasteiger partial charge in [0.1, 0.15) is 11.5 Å². The number of hydrogen-bond acceptors (Lipinski definition) is 6. The summed E-state index contributed by atoms with van der Waals surface area (Å²) >= 11 is 0. The predicted octanol–water partition coefficient (Wildman–Crippen LogP) is 3.16. The van der Waals surface area contributed by atoms with E-state index >= 15 is 0 Å². The molecule has 4 rings (SSSR count). The number of hydrogen-bond donors (Lipinski definition) is 1. The van der Waals surface area contributed by atoms with Gasteiger partial charge in [0.2, 0.25) is 5.91 Å². The van der Waals surface area contributed by atoms with Crippen LogP contribution in [0.3, 0.4) is 0 Å². The zero-order valence-corrected chi connectivity index (χ0v) is 21.1. The molecule has 0 bridgehead atoms. The minimum absolute atomic E-state index is 0.270. The summed E-state index contributed by atoms with van der Waals surface area (Å²) in [6.07, 6.45) is 3.31. The molecule has 7 nitrogen and oxygen atoms in total. The highest BCUT2D eigenvalue weighted by Crippen LogP contribution is 2.25. The first kappa shape index (κ1) is 25.5. The maximum absolute atomic E-state index is 11.7. The molecule has 35 heavy (non-hydrogen) atoms. The Bertz CT molecular complexity index is 950. The number of amides is 1. The van der Waals surface area contributed by atoms with E-state index < -0.39 is 5.60 Å². The number of carbonyl (C=O) groups excluding carboxylic acids is 1. The second-order valence-corrected chi connectivity index (χ2v) is 10.0. The van der Waals surface area contributed by atoms with Gasteiger partial charge in [-0.3, -0.25) is 14.6 Å². The molecule has 1 N–H and O–H groups in total. The van der Waals surface area contributed by atoms with Crippen LogP contribution in [0.2, 0.25) is 0 Å². The van der Waals surface area contributed by atoms with Crippen LogP contribution < -0.4 is 9.47 Å². The monoisotopic (exact) mass is 481 g/mol. The van der Waals surface area contributed by atoms with E-state index in [4.69, 9.17) is 9.47 Å². The van der Waals surface area contributed by atoms with E-state index in [0.29, 0.717) is 26.1 Å². The van der Waals surface area contributed by atoms with Crippen LogP contribution in [0.15, 0.2) is 48.5 Å². The number of rotatable bonds is 12. The molecule has 2 aliphatic rings. The Labute approximate surface area is 209 Å². The van der Waals surface area contributed by atoms with E-state index in [-0.39, 0.29) is 5.91 Å². The van der Waals surface area contributed by atoms with Crippen LogP contribution in [0.25, 0.3) is 0 Å². The van der Waals surface area contributed by atoms with Gasteiger partial charge >= 0.3 is 0 Å². The average Bonchev–Trinajstić information content (AvgIpc) is 3.42. The maximum Gasteiger partial charge on any atom is 0.222 e. The fraction of sp³-hybridized carbons (Fsp3) is 0.536. The molecule has 1 amide bonds. The zero-order valence-electron chi connectivity index (χ0n) is 21.1. The molecule has 0 radical (unpaired) electrons. The Morgan fingerprint density at radius 3 is 2.43 bits per heavy atom. The Morgan fingerprint density at radius 2 is 1.74 bits per heavy atom. The highest BCUT2D eigenvalue weighted by atomic mass is 16.5. The van der Waals surface area contributed by atoms with Crippen LogP contribution >= 0.6 is 0 Å². The first-order valence-electron chi connectivity index (χ1n) is 12.7. The number of nitrogens with zero attached hydrogens (tertiary/aromatic N) is 3. The molecule has 7 heteroatoms. The molecule has 2 aromatic carbocycles. The summed E-state index contributed by atoms with van der Waals surface area (Å²) in [6.45, 7) is 6.11. The summed E-state index contributed by atoms with van der Waals surface area (Å²) in [5.41, 5.74) is 1.73. The van der Waals surface area contributed by atoms with Crippen molar-refractivity contribution in [3.05, 3.63) is 59.7 Å². The maximum atomic E-state index is 11.7. The quantitative estimate of drug-likeness (QED) is 0.470. The molecular weight excluding hydrogens is 442 g/mol. The third-order valence-corrected chi connectivity index (χ3v) is 6.93. The van der Waals surface area contributed by atoms with Crippen molar-refractivity contribution in [3.63, 3.8) is 0 Å². The summed E-state index contributed by atoms with van der Waals surface area (Å²) in [4.78, 5) is 18.1. The molecule has 2 aliphatic heterocycles. The summed E-state index contributed by atoms with van der Waals surface area (Å²) in [7, 11) is 3.74. The number of ether oxygens (including phenoxy) is 2. The van der Waals surface area contributed by atoms with Gasteiger partial charge in [-0.2, -0.15) is 0 Å². The topological polar surface area (TPSA) is 65.5 Å². The fourth-order valence-electron chi connectivity index (χ4n) is 5.14. The molecule has 0 spiro atoms. The summed E-state index contributed by atoms with van der Waals surface area (Å²) < 4.78 is 11.1. The smallest absolute Gasteiger partial charge is 0.222 e. The fourth-order valence-corrected chi connectivity index (χ4v) is 5.14. The number of likely N-dealkylation sites (tertiary alicyclic amines) is 2. The molecule has 2 fully saturated rings. The van der Waals surface area contributed by atoms with Gasteiger partial charge in [0.25, 0.3) is 0 Å². The Morgan fingerprint density at radius 1 is 1.03 bits per heavy atom. The second-order valence-electron chi connectivity index (χ2n) is 10.0. The molecule has 190 valence electrons. The van der Waals surface area contributed by atoms with Crippen molar-refractivity contribution < 1.29 is 19.4 Å². The number of likely N-dealkylation sites (N-methyl/N-ethyl adjacent to an activating group) is 1. The van der Waals surface area contributed by atoms with Gasteiger partial charge in [0.05, 0.1) is 19.3 Å². The van der Waals surface area contributed by atoms with Crippen LogP contribution in [0, 0.1) is 0 Å². The molecule has 0 aliphatic carbocycles. The van der Waals surface area contributed by atoms with Gasteiger partial charge in [-0.1, -0.05) is 24.3 Å². The molecule has 1 atom stereocenters. The highest BCUT2D eigenvalue weighted by Gasteiger charge is 2.36. The number of methoxy groups -OCH3 is 1. The number of carbonyl (C=O) groups is 1.